The van der Waals surface area contributed by atoms with E-state index in [0.717, 1.165) is 16.9 Å². The summed E-state index contributed by atoms with van der Waals surface area (Å²) in [7, 11) is 0. The molecular weight excluding hydrogens is 442 g/mol. The van der Waals surface area contributed by atoms with E-state index in [1.807, 2.05) is 36.2 Å². The zero-order valence-electron chi connectivity index (χ0n) is 19.7. The van der Waals surface area contributed by atoms with Crippen LogP contribution in [0, 0.1) is 13.8 Å². The minimum atomic E-state index is -1.33. The van der Waals surface area contributed by atoms with Crippen LogP contribution >= 0.6 is 0 Å². The van der Waals surface area contributed by atoms with Crippen molar-refractivity contribution in [3.05, 3.63) is 94.7 Å². The predicted octanol–water partition coefficient (Wildman–Crippen LogP) is 2.74. The quantitative estimate of drug-likeness (QED) is 0.573. The van der Waals surface area contributed by atoms with Gasteiger partial charge in [-0.15, -0.1) is 0 Å². The number of hydrogen-bond acceptors (Lipinski definition) is 5. The Balaban J connectivity index is 1.33. The maximum atomic E-state index is 13.2. The van der Waals surface area contributed by atoms with Gasteiger partial charge < -0.3 is 15.1 Å². The number of nitrogens with zero attached hydrogens (tertiary/aromatic N) is 3. The van der Waals surface area contributed by atoms with E-state index in [9.17, 15) is 14.4 Å². The summed E-state index contributed by atoms with van der Waals surface area (Å²) >= 11 is 0. The maximum absolute atomic E-state index is 13.2. The number of pyridine rings is 1. The number of amides is 4. The van der Waals surface area contributed by atoms with Crippen molar-refractivity contribution in [2.75, 3.05) is 31.1 Å². The molecule has 0 spiro atoms. The number of carbonyl (C=O) groups excluding carboxylic acids is 3. The van der Waals surface area contributed by atoms with Gasteiger partial charge in [0.1, 0.15) is 5.82 Å². The molecule has 0 saturated carbocycles. The lowest BCUT2D eigenvalue weighted by Gasteiger charge is -2.36. The van der Waals surface area contributed by atoms with Crippen LogP contribution in [0.15, 0.2) is 66.9 Å². The molecule has 2 N–H and O–H groups in total. The molecule has 5 rings (SSSR count). The summed E-state index contributed by atoms with van der Waals surface area (Å²) in [5, 5.41) is 5.13. The van der Waals surface area contributed by atoms with E-state index < -0.39 is 17.5 Å². The third-order valence-electron chi connectivity index (χ3n) is 6.69. The van der Waals surface area contributed by atoms with Gasteiger partial charge in [0.25, 0.3) is 11.8 Å². The number of aryl methyl sites for hydroxylation is 2. The molecule has 35 heavy (non-hydrogen) atoms. The number of aromatic nitrogens is 1. The van der Waals surface area contributed by atoms with E-state index in [2.05, 4.69) is 33.5 Å². The number of hydrogen-bond donors (Lipinski definition) is 2. The van der Waals surface area contributed by atoms with Gasteiger partial charge in [-0.25, -0.2) is 9.78 Å². The molecule has 1 atom stereocenters. The molecule has 8 heteroatoms. The molecule has 2 aliphatic rings. The first kappa shape index (κ1) is 22.6. The van der Waals surface area contributed by atoms with Gasteiger partial charge >= 0.3 is 6.03 Å². The van der Waals surface area contributed by atoms with Crippen LogP contribution in [-0.2, 0) is 10.3 Å². The second kappa shape index (κ2) is 8.87. The highest BCUT2D eigenvalue weighted by Gasteiger charge is 2.49. The number of benzene rings is 2. The van der Waals surface area contributed by atoms with Gasteiger partial charge in [-0.3, -0.25) is 14.9 Å². The lowest BCUT2D eigenvalue weighted by Crippen LogP contribution is -2.49. The van der Waals surface area contributed by atoms with Crippen LogP contribution in [0.5, 0.6) is 0 Å². The molecule has 2 aromatic carbocycles. The van der Waals surface area contributed by atoms with Gasteiger partial charge in [0.15, 0.2) is 5.54 Å². The van der Waals surface area contributed by atoms with Crippen molar-refractivity contribution in [1.82, 2.24) is 20.5 Å². The van der Waals surface area contributed by atoms with Crippen molar-refractivity contribution in [3.8, 4) is 0 Å². The van der Waals surface area contributed by atoms with Crippen molar-refractivity contribution >= 4 is 23.7 Å². The zero-order chi connectivity index (χ0) is 24.6. The van der Waals surface area contributed by atoms with E-state index >= 15 is 0 Å². The number of urea groups is 1. The summed E-state index contributed by atoms with van der Waals surface area (Å²) in [6.07, 6.45) is 1.87. The number of piperazine rings is 1. The van der Waals surface area contributed by atoms with Crippen molar-refractivity contribution in [2.24, 2.45) is 0 Å². The highest BCUT2D eigenvalue weighted by Crippen LogP contribution is 2.33. The first-order chi connectivity index (χ1) is 16.9. The minimum Gasteiger partial charge on any atom is -0.353 e. The number of rotatable bonds is 4. The van der Waals surface area contributed by atoms with Crippen LogP contribution in [0.3, 0.4) is 0 Å². The topological polar surface area (TPSA) is 94.6 Å². The average Bonchev–Trinajstić information content (AvgIpc) is 3.19. The standard InChI is InChI=1S/C27H27N5O3/c1-18-16-19(2)23(28-17-18)31-12-14-32(15-13-31)24(33)20-8-10-22(11-9-20)27(21-6-4-3-5-7-21)25(34)29-26(35)30-27/h3-11,16-17H,12-15H2,1-2H3,(H2,29,30,34,35). The molecular formula is C27H27N5O3. The van der Waals surface area contributed by atoms with Gasteiger partial charge in [-0.2, -0.15) is 0 Å². The molecule has 1 unspecified atom stereocenters. The second-order valence-electron chi connectivity index (χ2n) is 9.03. The Kier molecular flexibility index (Phi) is 5.72. The molecule has 3 aromatic rings. The molecule has 0 radical (unpaired) electrons. The smallest absolute Gasteiger partial charge is 0.322 e. The van der Waals surface area contributed by atoms with Crippen molar-refractivity contribution in [2.45, 2.75) is 19.4 Å². The number of imide groups is 1. The van der Waals surface area contributed by atoms with Crippen LogP contribution < -0.4 is 15.5 Å². The summed E-state index contributed by atoms with van der Waals surface area (Å²) in [5.74, 6) is 0.470. The van der Waals surface area contributed by atoms with E-state index in [1.165, 1.54) is 0 Å². The number of carbonyl (C=O) groups is 3. The van der Waals surface area contributed by atoms with E-state index in [-0.39, 0.29) is 5.91 Å². The third-order valence-corrected chi connectivity index (χ3v) is 6.69. The van der Waals surface area contributed by atoms with Gasteiger partial charge in [-0.1, -0.05) is 48.5 Å². The minimum absolute atomic E-state index is 0.0570. The molecule has 0 bridgehead atoms. The van der Waals surface area contributed by atoms with Crippen LogP contribution in [-0.4, -0.2) is 53.9 Å². The second-order valence-corrected chi connectivity index (χ2v) is 9.03. The van der Waals surface area contributed by atoms with Crippen LogP contribution in [0.1, 0.15) is 32.6 Å². The van der Waals surface area contributed by atoms with Crippen LogP contribution in [0.25, 0.3) is 0 Å². The van der Waals surface area contributed by atoms with Gasteiger partial charge in [0.2, 0.25) is 0 Å². The molecule has 2 saturated heterocycles. The third kappa shape index (κ3) is 4.01. The summed E-state index contributed by atoms with van der Waals surface area (Å²) < 4.78 is 0. The van der Waals surface area contributed by atoms with E-state index in [0.29, 0.717) is 42.9 Å². The largest absolute Gasteiger partial charge is 0.353 e. The molecule has 4 amide bonds. The molecule has 0 aliphatic carbocycles. The Morgan fingerprint density at radius 3 is 2.17 bits per heavy atom. The Hall–Kier alpha value is -4.20. The normalized spacial score (nSPS) is 19.9. The molecule has 8 nitrogen and oxygen atoms in total. The molecule has 3 heterocycles. The van der Waals surface area contributed by atoms with Crippen molar-refractivity contribution in [1.29, 1.82) is 0 Å². The van der Waals surface area contributed by atoms with E-state index in [1.54, 1.807) is 36.4 Å². The Bertz CT molecular complexity index is 1280. The van der Waals surface area contributed by atoms with Crippen LogP contribution in [0.4, 0.5) is 10.6 Å². The molecule has 2 aliphatic heterocycles. The number of anilines is 1. The zero-order valence-corrected chi connectivity index (χ0v) is 19.7. The average molecular weight is 470 g/mol. The van der Waals surface area contributed by atoms with E-state index in [4.69, 9.17) is 0 Å². The Morgan fingerprint density at radius 1 is 0.914 bits per heavy atom. The number of nitrogens with one attached hydrogen (secondary N) is 2. The van der Waals surface area contributed by atoms with Crippen molar-refractivity contribution in [3.63, 3.8) is 0 Å². The lowest BCUT2D eigenvalue weighted by molar-refractivity contribution is -0.122. The molecule has 178 valence electrons. The molecule has 2 fully saturated rings. The van der Waals surface area contributed by atoms with Gasteiger partial charge in [0.05, 0.1) is 0 Å². The first-order valence-corrected chi connectivity index (χ1v) is 11.7. The fourth-order valence-corrected chi connectivity index (χ4v) is 4.92. The predicted molar refractivity (Wildman–Crippen MR) is 132 cm³/mol. The van der Waals surface area contributed by atoms with Crippen LogP contribution in [0.2, 0.25) is 0 Å². The molecule has 1 aromatic heterocycles. The monoisotopic (exact) mass is 469 g/mol. The summed E-state index contributed by atoms with van der Waals surface area (Å²) in [6, 6.07) is 17.6. The van der Waals surface area contributed by atoms with Gasteiger partial charge in [-0.05, 0) is 48.2 Å². The highest BCUT2D eigenvalue weighted by molar-refractivity contribution is 6.09. The SMILES string of the molecule is Cc1cnc(N2CCN(C(=O)c3ccc(C4(c5ccccc5)NC(=O)NC4=O)cc3)CC2)c(C)c1. The fourth-order valence-electron chi connectivity index (χ4n) is 4.92. The van der Waals surface area contributed by atoms with Gasteiger partial charge in [0, 0.05) is 37.9 Å². The summed E-state index contributed by atoms with van der Waals surface area (Å²) in [5.41, 5.74) is 2.72. The summed E-state index contributed by atoms with van der Waals surface area (Å²) in [4.78, 5) is 46.8. The maximum Gasteiger partial charge on any atom is 0.322 e. The lowest BCUT2D eigenvalue weighted by atomic mass is 9.82. The van der Waals surface area contributed by atoms with Crippen molar-refractivity contribution < 1.29 is 14.4 Å². The first-order valence-electron chi connectivity index (χ1n) is 11.7. The highest BCUT2D eigenvalue weighted by atomic mass is 16.2. The fraction of sp³-hybridized carbons (Fsp3) is 0.259. The summed E-state index contributed by atoms with van der Waals surface area (Å²) in [6.45, 7) is 6.71. The Morgan fingerprint density at radius 2 is 1.57 bits per heavy atom. The Labute approximate surface area is 204 Å².